The average Bonchev–Trinajstić information content (AvgIpc) is 3.55. The first kappa shape index (κ1) is 33.1. The molecule has 1 aromatic heterocycles. The Bertz CT molecular complexity index is 1950. The lowest BCUT2D eigenvalue weighted by atomic mass is 10.1. The highest BCUT2D eigenvalue weighted by atomic mass is 35.5. The van der Waals surface area contributed by atoms with Gasteiger partial charge in [-0.25, -0.2) is 4.98 Å². The van der Waals surface area contributed by atoms with Gasteiger partial charge in [-0.05, 0) is 67.1 Å². The fraction of sp³-hybridized carbons (Fsp3) is 0.0588. The summed E-state index contributed by atoms with van der Waals surface area (Å²) >= 11 is 8.55. The van der Waals surface area contributed by atoms with Gasteiger partial charge in [-0.3, -0.25) is 24.5 Å². The number of thiazole rings is 1. The summed E-state index contributed by atoms with van der Waals surface area (Å²) in [6, 6.07) is 28.5. The van der Waals surface area contributed by atoms with Gasteiger partial charge in [0.05, 0.1) is 15.9 Å². The van der Waals surface area contributed by atoms with Crippen LogP contribution in [-0.4, -0.2) is 32.9 Å². The molecule has 0 bridgehead atoms. The fourth-order valence-corrected chi connectivity index (χ4v) is 5.91. The molecule has 236 valence electrons. The minimum absolute atomic E-state index is 0.0404. The number of halogens is 1. The molecule has 0 aliphatic rings. The molecule has 1 atom stereocenters. The lowest BCUT2D eigenvalue weighted by Gasteiger charge is -2.13. The molecule has 47 heavy (non-hydrogen) atoms. The first-order valence-electron chi connectivity index (χ1n) is 14.1. The van der Waals surface area contributed by atoms with Crippen molar-refractivity contribution in [2.45, 2.75) is 17.1 Å². The molecule has 0 saturated heterocycles. The van der Waals surface area contributed by atoms with E-state index in [4.69, 9.17) is 11.6 Å². The number of nitrogens with one attached hydrogen (secondary N) is 3. The van der Waals surface area contributed by atoms with Crippen molar-refractivity contribution in [3.63, 3.8) is 0 Å². The first-order chi connectivity index (χ1) is 22.6. The maximum Gasteiger partial charge on any atom is 0.272 e. The summed E-state index contributed by atoms with van der Waals surface area (Å²) in [7, 11) is 0. The highest BCUT2D eigenvalue weighted by Crippen LogP contribution is 2.29. The van der Waals surface area contributed by atoms with E-state index in [1.54, 1.807) is 109 Å². The summed E-state index contributed by atoms with van der Waals surface area (Å²) in [4.78, 5) is 54.9. The van der Waals surface area contributed by atoms with Gasteiger partial charge in [-0.2, -0.15) is 0 Å². The van der Waals surface area contributed by atoms with Gasteiger partial charge in [-0.15, -0.1) is 23.1 Å². The molecular weight excluding hydrogens is 658 g/mol. The van der Waals surface area contributed by atoms with Gasteiger partial charge < -0.3 is 16.0 Å². The molecule has 0 aliphatic heterocycles. The van der Waals surface area contributed by atoms with Gasteiger partial charge in [0.15, 0.2) is 5.13 Å². The Balaban J connectivity index is 1.20. The second-order valence-electron chi connectivity index (χ2n) is 10.0. The van der Waals surface area contributed by atoms with Crippen molar-refractivity contribution >= 4 is 75.0 Å². The third kappa shape index (κ3) is 9.13. The Hall–Kier alpha value is -5.30. The summed E-state index contributed by atoms with van der Waals surface area (Å²) in [6.45, 7) is 1.76. The fourth-order valence-electron chi connectivity index (χ4n) is 4.19. The number of amides is 3. The van der Waals surface area contributed by atoms with Crippen LogP contribution in [0.5, 0.6) is 0 Å². The highest BCUT2D eigenvalue weighted by Gasteiger charge is 2.18. The van der Waals surface area contributed by atoms with E-state index < -0.39 is 22.0 Å². The van der Waals surface area contributed by atoms with E-state index in [2.05, 4.69) is 20.9 Å². The van der Waals surface area contributed by atoms with Crippen LogP contribution in [0.15, 0.2) is 119 Å². The molecule has 0 radical (unpaired) electrons. The Kier molecular flexibility index (Phi) is 10.8. The zero-order valence-electron chi connectivity index (χ0n) is 24.7. The second-order valence-corrected chi connectivity index (χ2v) is 12.7. The van der Waals surface area contributed by atoms with Gasteiger partial charge in [0.1, 0.15) is 5.70 Å². The molecular formula is C34H26ClN5O5S2. The van der Waals surface area contributed by atoms with Crippen molar-refractivity contribution in [2.75, 3.05) is 10.6 Å². The molecule has 5 rings (SSSR count). The molecule has 13 heteroatoms. The van der Waals surface area contributed by atoms with E-state index in [9.17, 15) is 24.5 Å². The van der Waals surface area contributed by atoms with Crippen LogP contribution in [0.2, 0.25) is 5.02 Å². The molecule has 1 unspecified atom stereocenters. The number of thioether (sulfide) groups is 1. The molecule has 1 heterocycles. The highest BCUT2D eigenvalue weighted by molar-refractivity contribution is 8.00. The number of nitro benzene ring substituents is 1. The van der Waals surface area contributed by atoms with Crippen LogP contribution in [0.4, 0.5) is 16.5 Å². The van der Waals surface area contributed by atoms with E-state index >= 15 is 0 Å². The summed E-state index contributed by atoms with van der Waals surface area (Å²) < 4.78 is 0. The van der Waals surface area contributed by atoms with Gasteiger partial charge >= 0.3 is 0 Å². The number of carbonyl (C=O) groups excluding carboxylic acids is 3. The molecule has 3 N–H and O–H groups in total. The number of carbonyl (C=O) groups is 3. The van der Waals surface area contributed by atoms with Crippen LogP contribution in [0.1, 0.15) is 22.8 Å². The van der Waals surface area contributed by atoms with Gasteiger partial charge in [0, 0.05) is 44.2 Å². The van der Waals surface area contributed by atoms with Gasteiger partial charge in [0.2, 0.25) is 5.91 Å². The SMILES string of the molecule is CC(Sc1ccc(NC(=O)/C(=C/c2ccc(Cl)cc2)NC(=O)c2ccccc2)cc1)C(=O)Nc1nc(-c2cccc([N+](=O)[O-])c2)cs1. The Labute approximate surface area is 283 Å². The smallest absolute Gasteiger partial charge is 0.272 e. The van der Waals surface area contributed by atoms with Crippen molar-refractivity contribution in [1.29, 1.82) is 0 Å². The standard InChI is InChI=1S/C34H26ClN5O5S2/c1-21(31(41)39-34-38-30(20-46-34)24-8-5-9-27(19-24)40(44)45)47-28-16-14-26(15-17-28)36-33(43)29(18-22-10-12-25(35)13-11-22)37-32(42)23-6-3-2-4-7-23/h2-21H,1H3,(H,36,43)(H,37,42)(H,38,39,41)/b29-18-. The molecule has 4 aromatic carbocycles. The van der Waals surface area contributed by atoms with Crippen LogP contribution < -0.4 is 16.0 Å². The second kappa shape index (κ2) is 15.3. The van der Waals surface area contributed by atoms with Crippen LogP contribution >= 0.6 is 34.7 Å². The van der Waals surface area contributed by atoms with E-state index in [0.717, 1.165) is 4.90 Å². The number of hydrogen-bond donors (Lipinski definition) is 3. The van der Waals surface area contributed by atoms with Crippen LogP contribution in [0, 0.1) is 10.1 Å². The van der Waals surface area contributed by atoms with E-state index in [0.29, 0.717) is 38.2 Å². The van der Waals surface area contributed by atoms with Crippen LogP contribution in [0.25, 0.3) is 17.3 Å². The Morgan fingerprint density at radius 2 is 1.66 bits per heavy atom. The zero-order chi connectivity index (χ0) is 33.3. The quantitative estimate of drug-likeness (QED) is 0.0556. The Morgan fingerprint density at radius 3 is 2.36 bits per heavy atom. The molecule has 0 fully saturated rings. The van der Waals surface area contributed by atoms with Crippen molar-refractivity contribution in [3.8, 4) is 11.3 Å². The molecule has 5 aromatic rings. The minimum atomic E-state index is -0.523. The van der Waals surface area contributed by atoms with Crippen LogP contribution in [0.3, 0.4) is 0 Å². The predicted octanol–water partition coefficient (Wildman–Crippen LogP) is 7.90. The van der Waals surface area contributed by atoms with E-state index in [1.807, 2.05) is 0 Å². The third-order valence-electron chi connectivity index (χ3n) is 6.59. The molecule has 0 saturated carbocycles. The number of aromatic nitrogens is 1. The zero-order valence-corrected chi connectivity index (χ0v) is 27.1. The lowest BCUT2D eigenvalue weighted by molar-refractivity contribution is -0.384. The summed E-state index contributed by atoms with van der Waals surface area (Å²) in [5.74, 6) is -1.22. The number of hydrogen-bond acceptors (Lipinski definition) is 8. The Morgan fingerprint density at radius 1 is 0.936 bits per heavy atom. The molecule has 10 nitrogen and oxygen atoms in total. The predicted molar refractivity (Wildman–Crippen MR) is 187 cm³/mol. The van der Waals surface area contributed by atoms with Gasteiger partial charge in [-0.1, -0.05) is 54.1 Å². The van der Waals surface area contributed by atoms with Crippen molar-refractivity contribution < 1.29 is 19.3 Å². The number of nitrogens with zero attached hydrogens (tertiary/aromatic N) is 2. The largest absolute Gasteiger partial charge is 0.321 e. The van der Waals surface area contributed by atoms with Gasteiger partial charge in [0.25, 0.3) is 17.5 Å². The number of anilines is 2. The van der Waals surface area contributed by atoms with Crippen molar-refractivity contribution in [1.82, 2.24) is 10.3 Å². The summed E-state index contributed by atoms with van der Waals surface area (Å²) in [5, 5.41) is 21.6. The summed E-state index contributed by atoms with van der Waals surface area (Å²) in [5.41, 5.74) is 2.67. The number of rotatable bonds is 11. The van der Waals surface area contributed by atoms with Crippen LogP contribution in [-0.2, 0) is 9.59 Å². The van der Waals surface area contributed by atoms with Crippen molar-refractivity contribution in [3.05, 3.63) is 140 Å². The maximum atomic E-state index is 13.3. The van der Waals surface area contributed by atoms with Crippen molar-refractivity contribution in [2.24, 2.45) is 0 Å². The monoisotopic (exact) mass is 683 g/mol. The van der Waals surface area contributed by atoms with E-state index in [-0.39, 0.29) is 17.3 Å². The topological polar surface area (TPSA) is 143 Å². The number of benzene rings is 4. The number of non-ortho nitro benzene ring substituents is 1. The van der Waals surface area contributed by atoms with E-state index in [1.165, 1.54) is 35.2 Å². The minimum Gasteiger partial charge on any atom is -0.321 e. The lowest BCUT2D eigenvalue weighted by Crippen LogP contribution is -2.30. The normalized spacial score (nSPS) is 11.7. The molecule has 3 amide bonds. The molecule has 0 aliphatic carbocycles. The first-order valence-corrected chi connectivity index (χ1v) is 16.2. The average molecular weight is 684 g/mol. The third-order valence-corrected chi connectivity index (χ3v) is 8.71. The number of nitro groups is 1. The molecule has 0 spiro atoms. The summed E-state index contributed by atoms with van der Waals surface area (Å²) in [6.07, 6.45) is 1.56. The maximum absolute atomic E-state index is 13.3.